The Morgan fingerprint density at radius 2 is 1.75 bits per heavy atom. The van der Waals surface area contributed by atoms with Crippen molar-refractivity contribution in [3.05, 3.63) is 95.0 Å². The molecular formula is C24H22ClN3O4. The Kier molecular flexibility index (Phi) is 6.77. The van der Waals surface area contributed by atoms with Gasteiger partial charge in [0, 0.05) is 6.20 Å². The summed E-state index contributed by atoms with van der Waals surface area (Å²) >= 11 is 6.24. The van der Waals surface area contributed by atoms with Crippen molar-refractivity contribution < 1.29 is 18.7 Å². The summed E-state index contributed by atoms with van der Waals surface area (Å²) in [7, 11) is 0. The molecule has 0 spiro atoms. The van der Waals surface area contributed by atoms with Crippen molar-refractivity contribution in [1.82, 2.24) is 9.78 Å². The van der Waals surface area contributed by atoms with Gasteiger partial charge in [0.1, 0.15) is 28.9 Å². The highest BCUT2D eigenvalue weighted by atomic mass is 35.5. The van der Waals surface area contributed by atoms with Crippen molar-refractivity contribution in [1.29, 1.82) is 0 Å². The lowest BCUT2D eigenvalue weighted by Crippen LogP contribution is -2.12. The van der Waals surface area contributed by atoms with Crippen LogP contribution >= 0.6 is 11.6 Å². The van der Waals surface area contributed by atoms with E-state index in [0.717, 1.165) is 11.3 Å². The summed E-state index contributed by atoms with van der Waals surface area (Å²) < 4.78 is 18.4. The number of hydrogen-bond donors (Lipinski definition) is 1. The van der Waals surface area contributed by atoms with E-state index in [1.165, 1.54) is 0 Å². The normalized spacial score (nSPS) is 10.7. The number of ether oxygens (including phenoxy) is 2. The fourth-order valence-electron chi connectivity index (χ4n) is 3.03. The van der Waals surface area contributed by atoms with Gasteiger partial charge in [0.15, 0.2) is 11.6 Å². The number of anilines is 1. The summed E-state index contributed by atoms with van der Waals surface area (Å²) in [5.41, 5.74) is 1.08. The van der Waals surface area contributed by atoms with Crippen molar-refractivity contribution in [3.8, 4) is 11.5 Å². The third kappa shape index (κ3) is 5.50. The number of halogens is 1. The summed E-state index contributed by atoms with van der Waals surface area (Å²) in [5, 5.41) is 7.38. The molecule has 32 heavy (non-hydrogen) atoms. The molecule has 0 aliphatic rings. The Morgan fingerprint density at radius 3 is 2.47 bits per heavy atom. The van der Waals surface area contributed by atoms with Crippen LogP contribution in [0.2, 0.25) is 5.02 Å². The second-order valence-corrected chi connectivity index (χ2v) is 7.33. The van der Waals surface area contributed by atoms with Crippen LogP contribution in [0, 0.1) is 0 Å². The Bertz CT molecular complexity index is 1170. The van der Waals surface area contributed by atoms with Gasteiger partial charge in [-0.2, -0.15) is 5.10 Å². The third-order valence-electron chi connectivity index (χ3n) is 4.54. The number of furan rings is 1. The van der Waals surface area contributed by atoms with Crippen LogP contribution in [0.5, 0.6) is 11.5 Å². The summed E-state index contributed by atoms with van der Waals surface area (Å²) in [5.74, 6) is 1.95. The molecule has 164 valence electrons. The van der Waals surface area contributed by atoms with Gasteiger partial charge in [0.05, 0.1) is 13.2 Å². The molecule has 1 N–H and O–H groups in total. The third-order valence-corrected chi connectivity index (χ3v) is 4.81. The number of hydrogen-bond acceptors (Lipinski definition) is 5. The second kappa shape index (κ2) is 10.1. The predicted octanol–water partition coefficient (Wildman–Crippen LogP) is 5.41. The van der Waals surface area contributed by atoms with Gasteiger partial charge in [0.25, 0.3) is 5.91 Å². The molecule has 2 heterocycles. The van der Waals surface area contributed by atoms with Crippen molar-refractivity contribution in [3.63, 3.8) is 0 Å². The van der Waals surface area contributed by atoms with E-state index in [0.29, 0.717) is 29.7 Å². The zero-order valence-corrected chi connectivity index (χ0v) is 18.2. The van der Waals surface area contributed by atoms with Gasteiger partial charge in [-0.05, 0) is 48.9 Å². The van der Waals surface area contributed by atoms with Crippen molar-refractivity contribution in [2.24, 2.45) is 0 Å². The maximum Gasteiger partial charge on any atom is 0.292 e. The summed E-state index contributed by atoms with van der Waals surface area (Å²) in [6.45, 7) is 3.27. The minimum absolute atomic E-state index is 0.143. The number of aromatic nitrogens is 2. The molecule has 0 aliphatic carbocycles. The molecule has 2 aromatic heterocycles. The molecule has 0 saturated heterocycles. The maximum absolute atomic E-state index is 12.6. The molecule has 0 radical (unpaired) electrons. The minimum atomic E-state index is -0.441. The molecule has 0 fully saturated rings. The quantitative estimate of drug-likeness (QED) is 0.368. The van der Waals surface area contributed by atoms with Gasteiger partial charge < -0.3 is 19.2 Å². The monoisotopic (exact) mass is 451 g/mol. The number of benzene rings is 2. The highest BCUT2D eigenvalue weighted by Crippen LogP contribution is 2.22. The zero-order chi connectivity index (χ0) is 22.3. The SMILES string of the molecule is CCOc1ccc(OCc2ccc(C(=O)Nc3nn(Cc4ccccc4)cc3Cl)o2)cc1. The standard InChI is InChI=1S/C24H22ClN3O4/c1-2-30-18-8-10-19(11-9-18)31-16-20-12-13-22(32-20)24(29)26-23-21(25)15-28(27-23)14-17-6-4-3-5-7-17/h3-13,15H,2,14,16H2,1H3,(H,26,27,29). The number of carbonyl (C=O) groups excluding carboxylic acids is 1. The fourth-order valence-corrected chi connectivity index (χ4v) is 3.23. The molecule has 8 heteroatoms. The van der Waals surface area contributed by atoms with Gasteiger partial charge in [-0.3, -0.25) is 9.48 Å². The summed E-state index contributed by atoms with van der Waals surface area (Å²) in [4.78, 5) is 12.6. The Morgan fingerprint density at radius 1 is 1.03 bits per heavy atom. The van der Waals surface area contributed by atoms with E-state index in [1.807, 2.05) is 61.5 Å². The van der Waals surface area contributed by atoms with E-state index in [2.05, 4.69) is 10.4 Å². The van der Waals surface area contributed by atoms with Crippen LogP contribution in [0.4, 0.5) is 5.82 Å². The first-order valence-electron chi connectivity index (χ1n) is 10.1. The predicted molar refractivity (Wildman–Crippen MR) is 121 cm³/mol. The van der Waals surface area contributed by atoms with Crippen LogP contribution in [0.25, 0.3) is 0 Å². The molecule has 0 atom stereocenters. The van der Waals surface area contributed by atoms with E-state index in [1.54, 1.807) is 23.0 Å². The van der Waals surface area contributed by atoms with E-state index >= 15 is 0 Å². The second-order valence-electron chi connectivity index (χ2n) is 6.92. The molecule has 4 rings (SSSR count). The van der Waals surface area contributed by atoms with Crippen molar-refractivity contribution >= 4 is 23.3 Å². The van der Waals surface area contributed by atoms with Crippen LogP contribution in [0.3, 0.4) is 0 Å². The molecule has 7 nitrogen and oxygen atoms in total. The minimum Gasteiger partial charge on any atom is -0.494 e. The van der Waals surface area contributed by atoms with Crippen molar-refractivity contribution in [2.45, 2.75) is 20.1 Å². The van der Waals surface area contributed by atoms with E-state index in [-0.39, 0.29) is 18.2 Å². The first kappa shape index (κ1) is 21.5. The lowest BCUT2D eigenvalue weighted by Gasteiger charge is -2.06. The fraction of sp³-hybridized carbons (Fsp3) is 0.167. The van der Waals surface area contributed by atoms with E-state index < -0.39 is 5.91 Å². The van der Waals surface area contributed by atoms with Crippen LogP contribution in [0.1, 0.15) is 28.8 Å². The average molecular weight is 452 g/mol. The maximum atomic E-state index is 12.6. The molecule has 2 aromatic carbocycles. The first-order chi connectivity index (χ1) is 15.6. The number of carbonyl (C=O) groups is 1. The van der Waals surface area contributed by atoms with Gasteiger partial charge in [0.2, 0.25) is 0 Å². The number of nitrogens with one attached hydrogen (secondary N) is 1. The highest BCUT2D eigenvalue weighted by Gasteiger charge is 2.16. The van der Waals surface area contributed by atoms with Gasteiger partial charge in [-0.1, -0.05) is 41.9 Å². The van der Waals surface area contributed by atoms with Crippen LogP contribution in [-0.2, 0) is 13.2 Å². The lowest BCUT2D eigenvalue weighted by atomic mass is 10.2. The lowest BCUT2D eigenvalue weighted by molar-refractivity contribution is 0.0992. The van der Waals surface area contributed by atoms with Crippen LogP contribution in [-0.4, -0.2) is 22.3 Å². The average Bonchev–Trinajstić information content (AvgIpc) is 3.41. The topological polar surface area (TPSA) is 78.5 Å². The summed E-state index contributed by atoms with van der Waals surface area (Å²) in [6.07, 6.45) is 1.67. The molecule has 0 saturated carbocycles. The van der Waals surface area contributed by atoms with Crippen LogP contribution in [0.15, 0.2) is 77.3 Å². The molecule has 0 aliphatic heterocycles. The van der Waals surface area contributed by atoms with Gasteiger partial charge in [-0.15, -0.1) is 0 Å². The molecular weight excluding hydrogens is 430 g/mol. The van der Waals surface area contributed by atoms with E-state index in [9.17, 15) is 4.79 Å². The van der Waals surface area contributed by atoms with Gasteiger partial charge >= 0.3 is 0 Å². The van der Waals surface area contributed by atoms with Crippen LogP contribution < -0.4 is 14.8 Å². The molecule has 0 bridgehead atoms. The van der Waals surface area contributed by atoms with E-state index in [4.69, 9.17) is 25.5 Å². The Balaban J connectivity index is 1.33. The largest absolute Gasteiger partial charge is 0.494 e. The summed E-state index contributed by atoms with van der Waals surface area (Å²) in [6, 6.07) is 20.4. The Labute approximate surface area is 190 Å². The van der Waals surface area contributed by atoms with Gasteiger partial charge in [-0.25, -0.2) is 0 Å². The molecule has 0 unspecified atom stereocenters. The number of nitrogens with zero attached hydrogens (tertiary/aromatic N) is 2. The highest BCUT2D eigenvalue weighted by molar-refractivity contribution is 6.33. The zero-order valence-electron chi connectivity index (χ0n) is 17.5. The molecule has 4 aromatic rings. The Hall–Kier alpha value is -3.71. The number of amides is 1. The smallest absolute Gasteiger partial charge is 0.292 e. The van der Waals surface area contributed by atoms with Crippen molar-refractivity contribution in [2.75, 3.05) is 11.9 Å². The first-order valence-corrected chi connectivity index (χ1v) is 10.5. The molecule has 1 amide bonds. The number of rotatable bonds is 9.